The van der Waals surface area contributed by atoms with Crippen LogP contribution in [0.15, 0.2) is 12.2 Å². The molecule has 0 bridgehead atoms. The van der Waals surface area contributed by atoms with Crippen molar-refractivity contribution in [3.63, 3.8) is 0 Å². The molecule has 0 aliphatic carbocycles. The van der Waals surface area contributed by atoms with Gasteiger partial charge in [0.1, 0.15) is 12.2 Å². The Labute approximate surface area is 108 Å². The predicted molar refractivity (Wildman–Crippen MR) is 67.2 cm³/mol. The minimum absolute atomic E-state index is 0.0930. The van der Waals surface area contributed by atoms with Gasteiger partial charge in [-0.05, 0) is 26.7 Å². The lowest BCUT2D eigenvalue weighted by Gasteiger charge is -2.28. The summed E-state index contributed by atoms with van der Waals surface area (Å²) < 4.78 is 17.3. The largest absolute Gasteiger partial charge is 0.364 e. The molecule has 4 heteroatoms. The summed E-state index contributed by atoms with van der Waals surface area (Å²) in [5.74, 6) is -0.400. The van der Waals surface area contributed by atoms with E-state index in [1.165, 1.54) is 0 Å². The van der Waals surface area contributed by atoms with Crippen LogP contribution in [0.2, 0.25) is 0 Å². The van der Waals surface area contributed by atoms with Crippen molar-refractivity contribution in [2.24, 2.45) is 0 Å². The number of allylic oxidation sites excluding steroid dienone is 1. The van der Waals surface area contributed by atoms with E-state index in [9.17, 15) is 4.79 Å². The zero-order chi connectivity index (χ0) is 13.2. The predicted octanol–water partition coefficient (Wildman–Crippen LogP) is 2.22. The highest BCUT2D eigenvalue weighted by atomic mass is 16.7. The Morgan fingerprint density at radius 1 is 1.33 bits per heavy atom. The average Bonchev–Trinajstić information content (AvgIpc) is 2.65. The highest BCUT2D eigenvalue weighted by molar-refractivity contribution is 5.84. The summed E-state index contributed by atoms with van der Waals surface area (Å²) in [5, 5.41) is 0. The molecule has 0 aromatic rings. The summed E-state index contributed by atoms with van der Waals surface area (Å²) in [5.41, 5.74) is 0. The fourth-order valence-corrected chi connectivity index (χ4v) is 2.37. The topological polar surface area (TPSA) is 44.8 Å². The summed E-state index contributed by atoms with van der Waals surface area (Å²) >= 11 is 0. The molecule has 2 heterocycles. The van der Waals surface area contributed by atoms with E-state index in [4.69, 9.17) is 14.2 Å². The number of ketones is 1. The molecule has 1 fully saturated rings. The maximum absolute atomic E-state index is 11.8. The number of carbonyl (C=O) groups is 1. The molecule has 0 saturated carbocycles. The van der Waals surface area contributed by atoms with E-state index < -0.39 is 5.79 Å². The maximum Gasteiger partial charge on any atom is 0.165 e. The van der Waals surface area contributed by atoms with Crippen LogP contribution in [-0.2, 0) is 19.0 Å². The van der Waals surface area contributed by atoms with Crippen molar-refractivity contribution in [2.45, 2.75) is 64.1 Å². The van der Waals surface area contributed by atoms with Gasteiger partial charge in [-0.2, -0.15) is 0 Å². The van der Waals surface area contributed by atoms with Gasteiger partial charge in [0.15, 0.2) is 11.6 Å². The van der Waals surface area contributed by atoms with Gasteiger partial charge in [-0.3, -0.25) is 4.79 Å². The van der Waals surface area contributed by atoms with Crippen molar-refractivity contribution in [3.8, 4) is 0 Å². The first-order chi connectivity index (χ1) is 8.52. The molecule has 18 heavy (non-hydrogen) atoms. The van der Waals surface area contributed by atoms with Crippen LogP contribution < -0.4 is 0 Å². The van der Waals surface area contributed by atoms with Gasteiger partial charge in [0.05, 0.1) is 12.7 Å². The molecular formula is C14H22O4. The van der Waals surface area contributed by atoms with Crippen LogP contribution in [-0.4, -0.2) is 36.5 Å². The van der Waals surface area contributed by atoms with E-state index in [0.29, 0.717) is 19.4 Å². The van der Waals surface area contributed by atoms with Crippen LogP contribution in [0.3, 0.4) is 0 Å². The van der Waals surface area contributed by atoms with E-state index in [-0.39, 0.29) is 24.1 Å². The summed E-state index contributed by atoms with van der Waals surface area (Å²) in [7, 11) is 0. The Bertz CT molecular complexity index is 335. The fourth-order valence-electron chi connectivity index (χ4n) is 2.37. The molecule has 0 spiro atoms. The van der Waals surface area contributed by atoms with E-state index in [1.807, 2.05) is 32.9 Å². The smallest absolute Gasteiger partial charge is 0.165 e. The Hall–Kier alpha value is -0.710. The van der Waals surface area contributed by atoms with Gasteiger partial charge in [-0.25, -0.2) is 0 Å². The molecule has 4 nitrogen and oxygen atoms in total. The molecule has 1 saturated heterocycles. The molecule has 0 amide bonds. The van der Waals surface area contributed by atoms with E-state index >= 15 is 0 Å². The van der Waals surface area contributed by atoms with E-state index in [1.54, 1.807) is 0 Å². The lowest BCUT2D eigenvalue weighted by atomic mass is 10.0. The van der Waals surface area contributed by atoms with Crippen molar-refractivity contribution in [2.75, 3.05) is 6.61 Å². The van der Waals surface area contributed by atoms with E-state index in [2.05, 4.69) is 0 Å². The minimum atomic E-state index is -0.550. The third-order valence-electron chi connectivity index (χ3n) is 3.37. The molecule has 3 atom stereocenters. The van der Waals surface area contributed by atoms with Gasteiger partial charge in [-0.1, -0.05) is 19.1 Å². The number of ether oxygens (including phenoxy) is 3. The van der Waals surface area contributed by atoms with Crippen molar-refractivity contribution in [3.05, 3.63) is 12.2 Å². The van der Waals surface area contributed by atoms with Crippen LogP contribution >= 0.6 is 0 Å². The standard InChI is InChI=1S/C14H22O4/c1-4-11-10(15)7-5-6-8-12(17-11)13-9-16-14(2,3)18-13/h5-6,11-13H,4,7-9H2,1-3H3/b6-5-/t11-,12-,13-/m1/s1. The van der Waals surface area contributed by atoms with Gasteiger partial charge < -0.3 is 14.2 Å². The van der Waals surface area contributed by atoms with Crippen LogP contribution in [0.4, 0.5) is 0 Å². The molecule has 102 valence electrons. The molecule has 0 aromatic heterocycles. The first kappa shape index (κ1) is 13.7. The average molecular weight is 254 g/mol. The summed E-state index contributed by atoms with van der Waals surface area (Å²) in [4.78, 5) is 11.8. The quantitative estimate of drug-likeness (QED) is 0.709. The zero-order valence-electron chi connectivity index (χ0n) is 11.3. The first-order valence-electron chi connectivity index (χ1n) is 6.67. The fraction of sp³-hybridized carbons (Fsp3) is 0.786. The Morgan fingerprint density at radius 2 is 2.11 bits per heavy atom. The number of carbonyl (C=O) groups excluding carboxylic acids is 1. The number of rotatable bonds is 2. The SMILES string of the molecule is CC[C@H]1O[C@@H]([C@H]2COC(C)(C)O2)C/C=C\CC1=O. The molecule has 0 aromatic carbocycles. The molecule has 0 N–H and O–H groups in total. The molecule has 0 unspecified atom stereocenters. The highest BCUT2D eigenvalue weighted by Crippen LogP contribution is 2.28. The first-order valence-corrected chi connectivity index (χ1v) is 6.67. The summed E-state index contributed by atoms with van der Waals surface area (Å²) in [6.45, 7) is 6.29. The second kappa shape index (κ2) is 5.51. The Balaban J connectivity index is 2.05. The van der Waals surface area contributed by atoms with Gasteiger partial charge in [0.25, 0.3) is 0 Å². The normalized spacial score (nSPS) is 38.2. The minimum Gasteiger partial charge on any atom is -0.364 e. The molecular weight excluding hydrogens is 232 g/mol. The lowest BCUT2D eigenvalue weighted by Crippen LogP contribution is -2.38. The van der Waals surface area contributed by atoms with Gasteiger partial charge in [0.2, 0.25) is 0 Å². The van der Waals surface area contributed by atoms with Crippen molar-refractivity contribution in [1.82, 2.24) is 0 Å². The third-order valence-corrected chi connectivity index (χ3v) is 3.37. The maximum atomic E-state index is 11.8. The van der Waals surface area contributed by atoms with Crippen LogP contribution in [0.5, 0.6) is 0 Å². The van der Waals surface area contributed by atoms with Crippen molar-refractivity contribution < 1.29 is 19.0 Å². The van der Waals surface area contributed by atoms with Gasteiger partial charge >= 0.3 is 0 Å². The molecule has 2 rings (SSSR count). The number of hydrogen-bond acceptors (Lipinski definition) is 4. The number of hydrogen-bond donors (Lipinski definition) is 0. The summed E-state index contributed by atoms with van der Waals surface area (Å²) in [6.07, 6.45) is 5.38. The van der Waals surface area contributed by atoms with Crippen molar-refractivity contribution in [1.29, 1.82) is 0 Å². The number of Topliss-reactive ketones (excluding diaryl/α,β-unsaturated/α-hetero) is 1. The van der Waals surface area contributed by atoms with Gasteiger partial charge in [0, 0.05) is 6.42 Å². The second-order valence-corrected chi connectivity index (χ2v) is 5.32. The molecule has 2 aliphatic rings. The van der Waals surface area contributed by atoms with E-state index in [0.717, 1.165) is 6.42 Å². The van der Waals surface area contributed by atoms with Crippen LogP contribution in [0.25, 0.3) is 0 Å². The Morgan fingerprint density at radius 3 is 2.72 bits per heavy atom. The van der Waals surface area contributed by atoms with Crippen molar-refractivity contribution >= 4 is 5.78 Å². The molecule has 2 aliphatic heterocycles. The molecule has 0 radical (unpaired) electrons. The monoisotopic (exact) mass is 254 g/mol. The van der Waals surface area contributed by atoms with Crippen LogP contribution in [0.1, 0.15) is 40.0 Å². The van der Waals surface area contributed by atoms with Gasteiger partial charge in [-0.15, -0.1) is 0 Å². The summed E-state index contributed by atoms with van der Waals surface area (Å²) in [6, 6.07) is 0. The third kappa shape index (κ3) is 3.19. The highest BCUT2D eigenvalue weighted by Gasteiger charge is 2.39. The second-order valence-electron chi connectivity index (χ2n) is 5.32. The lowest BCUT2D eigenvalue weighted by molar-refractivity contribution is -0.166. The zero-order valence-corrected chi connectivity index (χ0v) is 11.3. The Kier molecular flexibility index (Phi) is 4.20. The van der Waals surface area contributed by atoms with Crippen LogP contribution in [0, 0.1) is 0 Å².